The SMILES string of the molecule is CC1(C(=O)O)CCCN1C(=O)CCCNC(=O)c1ccsc1. The van der Waals surface area contributed by atoms with Crippen LogP contribution in [-0.2, 0) is 9.59 Å². The Morgan fingerprint density at radius 3 is 2.86 bits per heavy atom. The highest BCUT2D eigenvalue weighted by Gasteiger charge is 2.45. The molecule has 2 N–H and O–H groups in total. The quantitative estimate of drug-likeness (QED) is 0.780. The molecular formula is C15H20N2O4S. The molecule has 6 nitrogen and oxygen atoms in total. The van der Waals surface area contributed by atoms with Crippen molar-refractivity contribution in [1.29, 1.82) is 0 Å². The molecule has 0 radical (unpaired) electrons. The number of thiophene rings is 1. The zero-order valence-corrected chi connectivity index (χ0v) is 13.3. The van der Waals surface area contributed by atoms with E-state index in [1.807, 2.05) is 5.38 Å². The highest BCUT2D eigenvalue weighted by Crippen LogP contribution is 2.29. The van der Waals surface area contributed by atoms with Crippen LogP contribution < -0.4 is 5.32 Å². The Kier molecular flexibility index (Phi) is 5.18. The number of hydrogen-bond donors (Lipinski definition) is 2. The van der Waals surface area contributed by atoms with Crippen LogP contribution in [0.4, 0.5) is 0 Å². The van der Waals surface area contributed by atoms with Gasteiger partial charge in [-0.05, 0) is 37.6 Å². The van der Waals surface area contributed by atoms with E-state index in [1.165, 1.54) is 16.2 Å². The van der Waals surface area contributed by atoms with Gasteiger partial charge in [-0.2, -0.15) is 11.3 Å². The Morgan fingerprint density at radius 2 is 2.23 bits per heavy atom. The first-order valence-corrected chi connectivity index (χ1v) is 8.23. The van der Waals surface area contributed by atoms with Gasteiger partial charge in [0, 0.05) is 30.5 Å². The number of carboxylic acids is 1. The lowest BCUT2D eigenvalue weighted by atomic mass is 9.99. The van der Waals surface area contributed by atoms with Crippen molar-refractivity contribution in [3.63, 3.8) is 0 Å². The highest BCUT2D eigenvalue weighted by atomic mass is 32.1. The molecule has 1 saturated heterocycles. The summed E-state index contributed by atoms with van der Waals surface area (Å²) in [5.74, 6) is -1.26. The molecule has 0 saturated carbocycles. The van der Waals surface area contributed by atoms with Crippen LogP contribution >= 0.6 is 11.3 Å². The van der Waals surface area contributed by atoms with Gasteiger partial charge in [-0.15, -0.1) is 0 Å². The van der Waals surface area contributed by atoms with Crippen molar-refractivity contribution < 1.29 is 19.5 Å². The van der Waals surface area contributed by atoms with Crippen molar-refractivity contribution in [2.45, 2.75) is 38.1 Å². The van der Waals surface area contributed by atoms with Crippen LogP contribution in [-0.4, -0.2) is 46.4 Å². The highest BCUT2D eigenvalue weighted by molar-refractivity contribution is 7.08. The largest absolute Gasteiger partial charge is 0.480 e. The van der Waals surface area contributed by atoms with E-state index >= 15 is 0 Å². The fourth-order valence-corrected chi connectivity index (χ4v) is 3.29. The molecule has 1 aliphatic rings. The second-order valence-electron chi connectivity index (χ2n) is 5.60. The van der Waals surface area contributed by atoms with Crippen molar-refractivity contribution in [3.8, 4) is 0 Å². The van der Waals surface area contributed by atoms with Crippen LogP contribution in [0.25, 0.3) is 0 Å². The van der Waals surface area contributed by atoms with Crippen LogP contribution in [0.2, 0.25) is 0 Å². The maximum Gasteiger partial charge on any atom is 0.329 e. The molecule has 0 spiro atoms. The van der Waals surface area contributed by atoms with E-state index in [2.05, 4.69) is 5.32 Å². The molecule has 120 valence electrons. The summed E-state index contributed by atoms with van der Waals surface area (Å²) in [7, 11) is 0. The molecule has 1 aliphatic heterocycles. The molecule has 2 rings (SSSR count). The van der Waals surface area contributed by atoms with E-state index in [0.29, 0.717) is 37.9 Å². The summed E-state index contributed by atoms with van der Waals surface area (Å²) in [5, 5.41) is 15.6. The minimum absolute atomic E-state index is 0.148. The van der Waals surface area contributed by atoms with E-state index in [4.69, 9.17) is 0 Å². The summed E-state index contributed by atoms with van der Waals surface area (Å²) in [6.45, 7) is 2.49. The molecule has 0 aromatic carbocycles. The van der Waals surface area contributed by atoms with Gasteiger partial charge in [0.1, 0.15) is 5.54 Å². The van der Waals surface area contributed by atoms with Crippen LogP contribution in [0.3, 0.4) is 0 Å². The van der Waals surface area contributed by atoms with Crippen LogP contribution in [0.15, 0.2) is 16.8 Å². The van der Waals surface area contributed by atoms with Gasteiger partial charge >= 0.3 is 5.97 Å². The van der Waals surface area contributed by atoms with Gasteiger partial charge < -0.3 is 15.3 Å². The van der Waals surface area contributed by atoms with Crippen LogP contribution in [0, 0.1) is 0 Å². The molecule has 2 heterocycles. The van der Waals surface area contributed by atoms with Crippen LogP contribution in [0.1, 0.15) is 43.0 Å². The fourth-order valence-electron chi connectivity index (χ4n) is 2.66. The monoisotopic (exact) mass is 324 g/mol. The third-order valence-corrected chi connectivity index (χ3v) is 4.72. The molecule has 1 atom stereocenters. The number of carbonyl (C=O) groups excluding carboxylic acids is 2. The molecule has 7 heteroatoms. The number of carbonyl (C=O) groups is 3. The zero-order valence-electron chi connectivity index (χ0n) is 12.5. The van der Waals surface area contributed by atoms with Crippen molar-refractivity contribution in [1.82, 2.24) is 10.2 Å². The van der Waals surface area contributed by atoms with Gasteiger partial charge in [-0.25, -0.2) is 4.79 Å². The van der Waals surface area contributed by atoms with E-state index in [-0.39, 0.29) is 18.2 Å². The second-order valence-corrected chi connectivity index (χ2v) is 6.38. The minimum atomic E-state index is -1.09. The summed E-state index contributed by atoms with van der Waals surface area (Å²) < 4.78 is 0. The molecule has 1 aromatic heterocycles. The maximum atomic E-state index is 12.2. The summed E-state index contributed by atoms with van der Waals surface area (Å²) in [6, 6.07) is 1.74. The summed E-state index contributed by atoms with van der Waals surface area (Å²) in [5.41, 5.74) is -0.467. The number of amides is 2. The smallest absolute Gasteiger partial charge is 0.329 e. The van der Waals surface area contributed by atoms with Gasteiger partial charge in [0.2, 0.25) is 5.91 Å². The number of likely N-dealkylation sites (tertiary alicyclic amines) is 1. The third kappa shape index (κ3) is 3.47. The van der Waals surface area contributed by atoms with Gasteiger partial charge in [-0.1, -0.05) is 0 Å². The normalized spacial score (nSPS) is 20.9. The number of hydrogen-bond acceptors (Lipinski definition) is 4. The Hall–Kier alpha value is -1.89. The van der Waals surface area contributed by atoms with Crippen molar-refractivity contribution in [3.05, 3.63) is 22.4 Å². The fraction of sp³-hybridized carbons (Fsp3) is 0.533. The Morgan fingerprint density at radius 1 is 1.45 bits per heavy atom. The Bertz CT molecular complexity index is 558. The Balaban J connectivity index is 1.76. The van der Waals surface area contributed by atoms with E-state index in [0.717, 1.165) is 0 Å². The molecule has 1 aromatic rings. The summed E-state index contributed by atoms with van der Waals surface area (Å²) in [4.78, 5) is 36.7. The second kappa shape index (κ2) is 6.91. The topological polar surface area (TPSA) is 86.7 Å². The Labute approximate surface area is 133 Å². The van der Waals surface area contributed by atoms with Gasteiger partial charge in [0.25, 0.3) is 5.91 Å². The average molecular weight is 324 g/mol. The summed E-state index contributed by atoms with van der Waals surface area (Å²) in [6.07, 6.45) is 1.94. The molecule has 1 unspecified atom stereocenters. The molecule has 1 fully saturated rings. The predicted molar refractivity (Wildman–Crippen MR) is 82.9 cm³/mol. The summed E-state index contributed by atoms with van der Waals surface area (Å²) >= 11 is 1.45. The van der Waals surface area contributed by atoms with E-state index in [9.17, 15) is 19.5 Å². The van der Waals surface area contributed by atoms with Gasteiger partial charge in [0.05, 0.1) is 0 Å². The average Bonchev–Trinajstić information content (AvgIpc) is 3.13. The van der Waals surface area contributed by atoms with Crippen molar-refractivity contribution in [2.24, 2.45) is 0 Å². The van der Waals surface area contributed by atoms with Gasteiger partial charge in [0.15, 0.2) is 0 Å². The number of rotatable bonds is 6. The molecule has 2 amide bonds. The lowest BCUT2D eigenvalue weighted by Crippen LogP contribution is -2.50. The minimum Gasteiger partial charge on any atom is -0.480 e. The third-order valence-electron chi connectivity index (χ3n) is 4.04. The number of nitrogens with one attached hydrogen (secondary N) is 1. The number of aliphatic carboxylic acids is 1. The molecule has 22 heavy (non-hydrogen) atoms. The lowest BCUT2D eigenvalue weighted by Gasteiger charge is -2.31. The number of nitrogens with zero attached hydrogens (tertiary/aromatic N) is 1. The van der Waals surface area contributed by atoms with Crippen molar-refractivity contribution >= 4 is 29.1 Å². The molecule has 0 aliphatic carbocycles. The van der Waals surface area contributed by atoms with Crippen molar-refractivity contribution in [2.75, 3.05) is 13.1 Å². The number of carboxylic acid groups (broad SMARTS) is 1. The standard InChI is InChI=1S/C15H20N2O4S/c1-15(14(20)21)6-3-8-17(15)12(18)4-2-7-16-13(19)11-5-9-22-10-11/h5,9-10H,2-4,6-8H2,1H3,(H,16,19)(H,20,21). The van der Waals surface area contributed by atoms with E-state index in [1.54, 1.807) is 18.4 Å². The first-order chi connectivity index (χ1) is 10.4. The maximum absolute atomic E-state index is 12.2. The molecular weight excluding hydrogens is 304 g/mol. The first kappa shape index (κ1) is 16.5. The first-order valence-electron chi connectivity index (χ1n) is 7.29. The predicted octanol–water partition coefficient (Wildman–Crippen LogP) is 1.72. The van der Waals surface area contributed by atoms with E-state index < -0.39 is 11.5 Å². The van der Waals surface area contributed by atoms with Gasteiger partial charge in [-0.3, -0.25) is 9.59 Å². The zero-order chi connectivity index (χ0) is 16.2. The van der Waals surface area contributed by atoms with Crippen LogP contribution in [0.5, 0.6) is 0 Å². The molecule has 0 bridgehead atoms. The lowest BCUT2D eigenvalue weighted by molar-refractivity contribution is -0.155.